The van der Waals surface area contributed by atoms with Gasteiger partial charge in [0.15, 0.2) is 0 Å². The molecule has 1 atom stereocenters. The van der Waals surface area contributed by atoms with Crippen LogP contribution in [0, 0.1) is 5.41 Å². The van der Waals surface area contributed by atoms with Gasteiger partial charge < -0.3 is 5.73 Å². The predicted molar refractivity (Wildman–Crippen MR) is 65.2 cm³/mol. The third kappa shape index (κ3) is 2.24. The van der Waals surface area contributed by atoms with Gasteiger partial charge in [-0.25, -0.2) is 9.97 Å². The average molecular weight is 219 g/mol. The second kappa shape index (κ2) is 4.13. The zero-order chi connectivity index (χ0) is 11.8. The minimum Gasteiger partial charge on any atom is -0.327 e. The molecule has 2 rings (SSSR count). The van der Waals surface area contributed by atoms with Crippen molar-refractivity contribution in [2.45, 2.75) is 52.5 Å². The maximum Gasteiger partial charge on any atom is 0.115 e. The molecule has 1 heterocycles. The first kappa shape index (κ1) is 11.5. The highest BCUT2D eigenvalue weighted by Gasteiger charge is 2.24. The van der Waals surface area contributed by atoms with Crippen molar-refractivity contribution in [3.63, 3.8) is 0 Å². The summed E-state index contributed by atoms with van der Waals surface area (Å²) < 4.78 is 0. The van der Waals surface area contributed by atoms with Gasteiger partial charge in [-0.05, 0) is 30.2 Å². The molecule has 1 aliphatic rings. The average Bonchev–Trinajstić information content (AvgIpc) is 2.65. The summed E-state index contributed by atoms with van der Waals surface area (Å²) in [5, 5.41) is 0. The highest BCUT2D eigenvalue weighted by molar-refractivity contribution is 5.29. The summed E-state index contributed by atoms with van der Waals surface area (Å²) in [7, 11) is 0. The highest BCUT2D eigenvalue weighted by Crippen LogP contribution is 2.25. The lowest BCUT2D eigenvalue weighted by Gasteiger charge is -2.27. The zero-order valence-electron chi connectivity index (χ0n) is 10.5. The van der Waals surface area contributed by atoms with Gasteiger partial charge in [-0.3, -0.25) is 0 Å². The zero-order valence-corrected chi connectivity index (χ0v) is 10.5. The monoisotopic (exact) mass is 219 g/mol. The van der Waals surface area contributed by atoms with E-state index in [1.54, 1.807) is 6.33 Å². The van der Waals surface area contributed by atoms with Gasteiger partial charge in [0.25, 0.3) is 0 Å². The van der Waals surface area contributed by atoms with Crippen molar-refractivity contribution >= 4 is 0 Å². The van der Waals surface area contributed by atoms with Crippen molar-refractivity contribution < 1.29 is 0 Å². The molecule has 0 bridgehead atoms. The number of aromatic nitrogens is 2. The van der Waals surface area contributed by atoms with Crippen LogP contribution in [0.15, 0.2) is 6.33 Å². The summed E-state index contributed by atoms with van der Waals surface area (Å²) in [4.78, 5) is 8.75. The van der Waals surface area contributed by atoms with Gasteiger partial charge in [-0.15, -0.1) is 0 Å². The first-order valence-corrected chi connectivity index (χ1v) is 6.05. The number of hydrogen-bond acceptors (Lipinski definition) is 3. The van der Waals surface area contributed by atoms with Gasteiger partial charge in [-0.2, -0.15) is 0 Å². The molecule has 3 heteroatoms. The molecular formula is C13H21N3. The van der Waals surface area contributed by atoms with E-state index < -0.39 is 0 Å². The molecule has 0 aromatic carbocycles. The molecule has 0 fully saturated rings. The van der Waals surface area contributed by atoms with Crippen molar-refractivity contribution in [2.75, 3.05) is 0 Å². The molecule has 16 heavy (non-hydrogen) atoms. The summed E-state index contributed by atoms with van der Waals surface area (Å²) in [6.07, 6.45) is 6.01. The Balaban J connectivity index is 2.20. The molecule has 0 saturated carbocycles. The van der Waals surface area contributed by atoms with Crippen LogP contribution in [0.2, 0.25) is 0 Å². The minimum absolute atomic E-state index is 0.135. The molecule has 1 unspecified atom stereocenters. The SMILES string of the molecule is CC(C)(C)C(N)Cc1ncnc2c1CCC2. The molecule has 0 spiro atoms. The fourth-order valence-corrected chi connectivity index (χ4v) is 2.12. The minimum atomic E-state index is 0.135. The Morgan fingerprint density at radius 1 is 1.31 bits per heavy atom. The van der Waals surface area contributed by atoms with E-state index in [0.717, 1.165) is 19.3 Å². The molecular weight excluding hydrogens is 198 g/mol. The lowest BCUT2D eigenvalue weighted by molar-refractivity contribution is 0.316. The number of aryl methyl sites for hydroxylation is 1. The molecule has 2 N–H and O–H groups in total. The van der Waals surface area contributed by atoms with Crippen molar-refractivity contribution in [3.8, 4) is 0 Å². The second-order valence-electron chi connectivity index (χ2n) is 5.78. The molecule has 0 radical (unpaired) electrons. The number of nitrogens with two attached hydrogens (primary N) is 1. The van der Waals surface area contributed by atoms with Gasteiger partial charge in [0.05, 0.1) is 0 Å². The quantitative estimate of drug-likeness (QED) is 0.826. The summed E-state index contributed by atoms with van der Waals surface area (Å²) in [5.74, 6) is 0. The first-order chi connectivity index (χ1) is 7.48. The molecule has 1 aromatic heterocycles. The third-order valence-corrected chi connectivity index (χ3v) is 3.49. The number of rotatable bonds is 2. The number of nitrogens with zero attached hydrogens (tertiary/aromatic N) is 2. The maximum atomic E-state index is 6.22. The van der Waals surface area contributed by atoms with Crippen molar-refractivity contribution in [1.82, 2.24) is 9.97 Å². The van der Waals surface area contributed by atoms with Crippen LogP contribution in [0.3, 0.4) is 0 Å². The van der Waals surface area contributed by atoms with E-state index in [-0.39, 0.29) is 11.5 Å². The van der Waals surface area contributed by atoms with Crippen molar-refractivity contribution in [1.29, 1.82) is 0 Å². The van der Waals surface area contributed by atoms with Crippen LogP contribution in [0.25, 0.3) is 0 Å². The van der Waals surface area contributed by atoms with Crippen LogP contribution in [0.1, 0.15) is 44.1 Å². The van der Waals surface area contributed by atoms with Crippen LogP contribution in [0.4, 0.5) is 0 Å². The molecule has 88 valence electrons. The maximum absolute atomic E-state index is 6.22. The Morgan fingerprint density at radius 3 is 2.75 bits per heavy atom. The largest absolute Gasteiger partial charge is 0.327 e. The van der Waals surface area contributed by atoms with Crippen LogP contribution in [-0.2, 0) is 19.3 Å². The summed E-state index contributed by atoms with van der Waals surface area (Å²) in [6, 6.07) is 0.159. The third-order valence-electron chi connectivity index (χ3n) is 3.49. The molecule has 3 nitrogen and oxygen atoms in total. The lowest BCUT2D eigenvalue weighted by Crippen LogP contribution is -2.37. The van der Waals surface area contributed by atoms with E-state index in [1.165, 1.54) is 23.4 Å². The van der Waals surface area contributed by atoms with Gasteiger partial charge in [-0.1, -0.05) is 20.8 Å². The summed E-state index contributed by atoms with van der Waals surface area (Å²) in [6.45, 7) is 6.54. The Morgan fingerprint density at radius 2 is 2.06 bits per heavy atom. The Hall–Kier alpha value is -0.960. The predicted octanol–water partition coefficient (Wildman–Crippen LogP) is 1.88. The Labute approximate surface area is 97.5 Å². The van der Waals surface area contributed by atoms with Gasteiger partial charge in [0, 0.05) is 23.9 Å². The molecule has 0 amide bonds. The van der Waals surface area contributed by atoms with Gasteiger partial charge in [0.2, 0.25) is 0 Å². The van der Waals surface area contributed by atoms with E-state index in [4.69, 9.17) is 5.73 Å². The van der Waals surface area contributed by atoms with E-state index in [2.05, 4.69) is 30.7 Å². The van der Waals surface area contributed by atoms with E-state index in [9.17, 15) is 0 Å². The van der Waals surface area contributed by atoms with Crippen LogP contribution >= 0.6 is 0 Å². The second-order valence-corrected chi connectivity index (χ2v) is 5.78. The molecule has 0 saturated heterocycles. The van der Waals surface area contributed by atoms with Crippen LogP contribution < -0.4 is 5.73 Å². The van der Waals surface area contributed by atoms with Crippen LogP contribution in [0.5, 0.6) is 0 Å². The summed E-state index contributed by atoms with van der Waals surface area (Å²) >= 11 is 0. The molecule has 1 aromatic rings. The smallest absolute Gasteiger partial charge is 0.115 e. The number of hydrogen-bond donors (Lipinski definition) is 1. The lowest BCUT2D eigenvalue weighted by atomic mass is 9.84. The molecule has 0 aliphatic heterocycles. The van der Waals surface area contributed by atoms with Gasteiger partial charge >= 0.3 is 0 Å². The van der Waals surface area contributed by atoms with Gasteiger partial charge in [0.1, 0.15) is 6.33 Å². The fraction of sp³-hybridized carbons (Fsp3) is 0.692. The van der Waals surface area contributed by atoms with E-state index in [1.807, 2.05) is 0 Å². The summed E-state index contributed by atoms with van der Waals surface area (Å²) in [5.41, 5.74) is 10.1. The Kier molecular flexibility index (Phi) is 2.98. The molecule has 1 aliphatic carbocycles. The first-order valence-electron chi connectivity index (χ1n) is 6.05. The standard InChI is InChI=1S/C13H21N3/c1-13(2,3)12(14)7-11-9-5-4-6-10(9)15-8-16-11/h8,12H,4-7,14H2,1-3H3. The topological polar surface area (TPSA) is 51.8 Å². The van der Waals surface area contributed by atoms with Crippen molar-refractivity contribution in [2.24, 2.45) is 11.1 Å². The van der Waals surface area contributed by atoms with E-state index in [0.29, 0.717) is 0 Å². The number of fused-ring (bicyclic) bond motifs is 1. The van der Waals surface area contributed by atoms with Crippen molar-refractivity contribution in [3.05, 3.63) is 23.3 Å². The van der Waals surface area contributed by atoms with Crippen LogP contribution in [-0.4, -0.2) is 16.0 Å². The van der Waals surface area contributed by atoms with E-state index >= 15 is 0 Å². The fourth-order valence-electron chi connectivity index (χ4n) is 2.12. The Bertz CT molecular complexity index is 379. The highest BCUT2D eigenvalue weighted by atomic mass is 14.9. The normalized spacial score (nSPS) is 17.2.